The molecule has 0 atom stereocenters. The summed E-state index contributed by atoms with van der Waals surface area (Å²) >= 11 is 0. The molecule has 0 aliphatic heterocycles. The van der Waals surface area contributed by atoms with Gasteiger partial charge in [0.2, 0.25) is 0 Å². The molecule has 0 aliphatic carbocycles. The molecule has 0 rings (SSSR count). The average molecular weight is 238 g/mol. The maximum atomic E-state index is 5.32. The zero-order valence-electron chi connectivity index (χ0n) is 11.2. The van der Waals surface area contributed by atoms with Crippen molar-refractivity contribution in [2.75, 3.05) is 7.05 Å². The van der Waals surface area contributed by atoms with E-state index in [1.165, 1.54) is 6.34 Å². The molecule has 0 fully saturated rings. The lowest BCUT2D eigenvalue weighted by molar-refractivity contribution is 0.128. The van der Waals surface area contributed by atoms with Crippen LogP contribution in [0.4, 0.5) is 0 Å². The second kappa shape index (κ2) is 8.52. The lowest BCUT2D eigenvalue weighted by atomic mass is 10.2. The van der Waals surface area contributed by atoms with Gasteiger partial charge in [0.1, 0.15) is 5.76 Å². The molecule has 17 heavy (non-hydrogen) atoms. The molecule has 0 radical (unpaired) electrons. The Morgan fingerprint density at radius 1 is 1.35 bits per heavy atom. The van der Waals surface area contributed by atoms with Gasteiger partial charge in [0.25, 0.3) is 0 Å². The summed E-state index contributed by atoms with van der Waals surface area (Å²) in [5, 5.41) is 0. The Hall–Kier alpha value is -1.62. The Labute approximate surface area is 103 Å². The molecule has 5 nitrogen and oxygen atoms in total. The van der Waals surface area contributed by atoms with E-state index in [1.54, 1.807) is 19.3 Å². The number of nitrogens with zero attached hydrogens (tertiary/aromatic N) is 2. The van der Waals surface area contributed by atoms with Gasteiger partial charge in [-0.3, -0.25) is 4.99 Å². The van der Waals surface area contributed by atoms with Crippen LogP contribution in [-0.4, -0.2) is 25.6 Å². The van der Waals surface area contributed by atoms with Crippen LogP contribution in [0, 0.1) is 0 Å². The number of hydrogen-bond acceptors (Lipinski definition) is 4. The highest BCUT2D eigenvalue weighted by Crippen LogP contribution is 2.09. The quantitative estimate of drug-likeness (QED) is 0.243. The van der Waals surface area contributed by atoms with E-state index in [1.807, 2.05) is 27.7 Å². The van der Waals surface area contributed by atoms with Crippen molar-refractivity contribution in [3.8, 4) is 0 Å². The van der Waals surface area contributed by atoms with Gasteiger partial charge >= 0.3 is 0 Å². The Kier molecular flexibility index (Phi) is 7.71. The maximum absolute atomic E-state index is 5.32. The number of hydrogen-bond donors (Lipinski definition) is 2. The van der Waals surface area contributed by atoms with Gasteiger partial charge in [0.05, 0.1) is 12.0 Å². The van der Waals surface area contributed by atoms with Gasteiger partial charge in [0.15, 0.2) is 0 Å². The van der Waals surface area contributed by atoms with Gasteiger partial charge < -0.3 is 10.6 Å². The molecule has 5 heteroatoms. The lowest BCUT2D eigenvalue weighted by Gasteiger charge is -2.04. The molecule has 0 unspecified atom stereocenters. The third-order valence-corrected chi connectivity index (χ3v) is 1.79. The molecule has 0 amide bonds. The number of nitrogens with one attached hydrogen (secondary N) is 1. The predicted molar refractivity (Wildman–Crippen MR) is 72.9 cm³/mol. The van der Waals surface area contributed by atoms with Crippen molar-refractivity contribution in [2.24, 2.45) is 15.7 Å². The Balaban J connectivity index is 5.06. The molecule has 0 spiro atoms. The van der Waals surface area contributed by atoms with Crippen LogP contribution in [0.15, 0.2) is 33.1 Å². The van der Waals surface area contributed by atoms with E-state index in [2.05, 4.69) is 15.5 Å². The van der Waals surface area contributed by atoms with E-state index in [0.29, 0.717) is 5.76 Å². The first-order valence-electron chi connectivity index (χ1n) is 5.51. The van der Waals surface area contributed by atoms with E-state index < -0.39 is 0 Å². The van der Waals surface area contributed by atoms with E-state index >= 15 is 0 Å². The van der Waals surface area contributed by atoms with Crippen LogP contribution in [-0.2, 0) is 4.84 Å². The van der Waals surface area contributed by atoms with Crippen LogP contribution in [0.2, 0.25) is 0 Å². The fraction of sp³-hybridized carbons (Fsp3) is 0.500. The van der Waals surface area contributed by atoms with Gasteiger partial charge in [-0.25, -0.2) is 4.99 Å². The molecule has 0 heterocycles. The molecule has 0 aromatic rings. The summed E-state index contributed by atoms with van der Waals surface area (Å²) in [5.74, 6) is 0.699. The van der Waals surface area contributed by atoms with Gasteiger partial charge in [-0.2, -0.15) is 5.48 Å². The van der Waals surface area contributed by atoms with Crippen LogP contribution in [0.3, 0.4) is 0 Å². The first-order valence-corrected chi connectivity index (χ1v) is 5.51. The summed E-state index contributed by atoms with van der Waals surface area (Å²) in [7, 11) is 1.69. The standard InChI is InChI=1S/C12H22N4O/c1-9(2)15-7-10(3)12(16-8-13)6-11(4)17-14-5/h6-9,14H,1-5H3,(H2,13,16)/b11-6+,12-10?,15-7?. The summed E-state index contributed by atoms with van der Waals surface area (Å²) in [5.41, 5.74) is 9.57. The van der Waals surface area contributed by atoms with E-state index in [0.717, 1.165) is 11.3 Å². The molecular formula is C12H22N4O. The second-order valence-corrected chi connectivity index (χ2v) is 3.78. The van der Waals surface area contributed by atoms with Crippen molar-refractivity contribution >= 4 is 12.6 Å². The smallest absolute Gasteiger partial charge is 0.123 e. The molecule has 96 valence electrons. The Morgan fingerprint density at radius 2 is 2.00 bits per heavy atom. The van der Waals surface area contributed by atoms with E-state index in [-0.39, 0.29) is 6.04 Å². The Morgan fingerprint density at radius 3 is 2.47 bits per heavy atom. The fourth-order valence-corrected chi connectivity index (χ4v) is 1.04. The average Bonchev–Trinajstić information content (AvgIpc) is 2.25. The zero-order valence-corrected chi connectivity index (χ0v) is 11.2. The van der Waals surface area contributed by atoms with Crippen molar-refractivity contribution in [2.45, 2.75) is 33.7 Å². The highest BCUT2D eigenvalue weighted by molar-refractivity contribution is 5.80. The predicted octanol–water partition coefficient (Wildman–Crippen LogP) is 1.78. The highest BCUT2D eigenvalue weighted by Gasteiger charge is 1.98. The van der Waals surface area contributed by atoms with Crippen LogP contribution in [0.25, 0.3) is 0 Å². The number of rotatable bonds is 6. The largest absolute Gasteiger partial charge is 0.414 e. The summed E-state index contributed by atoms with van der Waals surface area (Å²) in [6.45, 7) is 7.79. The summed E-state index contributed by atoms with van der Waals surface area (Å²) in [6.07, 6.45) is 4.84. The number of nitrogens with two attached hydrogens (primary N) is 1. The van der Waals surface area contributed by atoms with Crippen molar-refractivity contribution in [1.82, 2.24) is 5.48 Å². The molecule has 0 aliphatic rings. The van der Waals surface area contributed by atoms with E-state index in [4.69, 9.17) is 10.6 Å². The molecule has 0 bridgehead atoms. The third kappa shape index (κ3) is 7.30. The fourth-order valence-electron chi connectivity index (χ4n) is 1.04. The SMILES string of the molecule is CNO/C(C)=C/C(N=CN)=C(C)C=NC(C)C. The van der Waals surface area contributed by atoms with Crippen molar-refractivity contribution in [3.05, 3.63) is 23.1 Å². The minimum atomic E-state index is 0.256. The van der Waals surface area contributed by atoms with Gasteiger partial charge in [-0.15, -0.1) is 0 Å². The van der Waals surface area contributed by atoms with Crippen LogP contribution in [0.1, 0.15) is 27.7 Å². The molecule has 3 N–H and O–H groups in total. The molecule has 0 saturated carbocycles. The lowest BCUT2D eigenvalue weighted by Crippen LogP contribution is -2.05. The summed E-state index contributed by atoms with van der Waals surface area (Å²) < 4.78 is 0. The van der Waals surface area contributed by atoms with Crippen molar-refractivity contribution in [3.63, 3.8) is 0 Å². The van der Waals surface area contributed by atoms with Crippen LogP contribution in [0.5, 0.6) is 0 Å². The zero-order chi connectivity index (χ0) is 13.3. The van der Waals surface area contributed by atoms with Gasteiger partial charge in [0, 0.05) is 25.4 Å². The van der Waals surface area contributed by atoms with Crippen LogP contribution >= 0.6 is 0 Å². The topological polar surface area (TPSA) is 72.0 Å². The number of aliphatic imine (C=N–C) groups is 2. The second-order valence-electron chi connectivity index (χ2n) is 3.78. The summed E-state index contributed by atoms with van der Waals surface area (Å²) in [4.78, 5) is 13.5. The van der Waals surface area contributed by atoms with E-state index in [9.17, 15) is 0 Å². The molecule has 0 saturated heterocycles. The molecular weight excluding hydrogens is 216 g/mol. The first-order chi connectivity index (χ1) is 8.01. The number of hydroxylamine groups is 1. The molecule has 0 aromatic carbocycles. The van der Waals surface area contributed by atoms with Crippen molar-refractivity contribution < 1.29 is 4.84 Å². The first kappa shape index (κ1) is 15.4. The molecule has 0 aromatic heterocycles. The van der Waals surface area contributed by atoms with Gasteiger partial charge in [-0.1, -0.05) is 0 Å². The Bertz CT molecular complexity index is 340. The third-order valence-electron chi connectivity index (χ3n) is 1.79. The minimum absolute atomic E-state index is 0.256. The van der Waals surface area contributed by atoms with Crippen molar-refractivity contribution in [1.29, 1.82) is 0 Å². The van der Waals surface area contributed by atoms with Crippen LogP contribution < -0.4 is 11.2 Å². The minimum Gasteiger partial charge on any atom is -0.414 e. The normalized spacial score (nSPS) is 14.8. The van der Waals surface area contributed by atoms with Gasteiger partial charge in [-0.05, 0) is 33.3 Å². The highest BCUT2D eigenvalue weighted by atomic mass is 16.6. The monoisotopic (exact) mass is 238 g/mol. The number of allylic oxidation sites excluding steroid dienone is 3. The summed E-state index contributed by atoms with van der Waals surface area (Å²) in [6, 6.07) is 0.256. The maximum Gasteiger partial charge on any atom is 0.123 e.